The second-order valence-electron chi connectivity index (χ2n) is 4.63. The number of nitrogens with zero attached hydrogens (tertiary/aromatic N) is 4. The van der Waals surface area contributed by atoms with Gasteiger partial charge in [-0.15, -0.1) is 15.3 Å². The first-order valence-electron chi connectivity index (χ1n) is 6.13. The Morgan fingerprint density at radius 2 is 2.15 bits per heavy atom. The minimum absolute atomic E-state index is 0.00417. The summed E-state index contributed by atoms with van der Waals surface area (Å²) in [7, 11) is 0. The minimum Gasteiger partial charge on any atom is -0.376 e. The van der Waals surface area contributed by atoms with Gasteiger partial charge in [-0.3, -0.25) is 0 Å². The highest BCUT2D eigenvalue weighted by Crippen LogP contribution is 2.27. The fourth-order valence-corrected chi connectivity index (χ4v) is 2.15. The largest absolute Gasteiger partial charge is 0.453 e. The molecule has 1 saturated heterocycles. The first kappa shape index (κ1) is 13.1. The van der Waals surface area contributed by atoms with Gasteiger partial charge >= 0.3 is 6.18 Å². The van der Waals surface area contributed by atoms with E-state index in [0.29, 0.717) is 16.9 Å². The van der Waals surface area contributed by atoms with E-state index < -0.39 is 12.0 Å². The zero-order valence-corrected chi connectivity index (χ0v) is 10.6. The van der Waals surface area contributed by atoms with Crippen LogP contribution in [0, 0.1) is 0 Å². The van der Waals surface area contributed by atoms with E-state index in [1.165, 1.54) is 6.07 Å². The Morgan fingerprint density at radius 1 is 1.35 bits per heavy atom. The molecule has 0 aromatic carbocycles. The molecule has 0 radical (unpaired) electrons. The van der Waals surface area contributed by atoms with Crippen LogP contribution in [0.15, 0.2) is 12.1 Å². The smallest absolute Gasteiger partial charge is 0.376 e. The molecule has 3 heterocycles. The quantitative estimate of drug-likeness (QED) is 0.911. The molecule has 1 aliphatic heterocycles. The van der Waals surface area contributed by atoms with E-state index >= 15 is 0 Å². The number of hydrogen-bond acceptors (Lipinski definition) is 5. The maximum Gasteiger partial charge on any atom is 0.453 e. The van der Waals surface area contributed by atoms with Crippen molar-refractivity contribution >= 4 is 11.5 Å². The molecule has 0 saturated carbocycles. The van der Waals surface area contributed by atoms with Crippen LogP contribution in [0.4, 0.5) is 19.0 Å². The van der Waals surface area contributed by atoms with E-state index in [2.05, 4.69) is 20.6 Å². The van der Waals surface area contributed by atoms with E-state index in [1.807, 2.05) is 6.92 Å². The Morgan fingerprint density at radius 3 is 2.80 bits per heavy atom. The van der Waals surface area contributed by atoms with Crippen LogP contribution in [0.25, 0.3) is 5.65 Å². The van der Waals surface area contributed by atoms with Crippen molar-refractivity contribution in [1.29, 1.82) is 0 Å². The molecule has 108 valence electrons. The molecule has 0 spiro atoms. The lowest BCUT2D eigenvalue weighted by molar-refractivity contribution is -0.146. The number of ether oxygens (including phenoxy) is 1. The van der Waals surface area contributed by atoms with Crippen LogP contribution < -0.4 is 5.32 Å². The Hall–Kier alpha value is -1.90. The summed E-state index contributed by atoms with van der Waals surface area (Å²) in [4.78, 5) is 0. The summed E-state index contributed by atoms with van der Waals surface area (Å²) < 4.78 is 44.3. The molecule has 9 heteroatoms. The standard InChI is InChI=1S/C11H12F3N5O/c1-6-7(4-5-20-6)15-8-2-3-9-16-17-10(11(12,13)14)19(9)18-8/h2-3,6-7H,4-5H2,1H3,(H,15,18). The van der Waals surface area contributed by atoms with Crippen molar-refractivity contribution in [3.63, 3.8) is 0 Å². The molecule has 0 aliphatic carbocycles. The fourth-order valence-electron chi connectivity index (χ4n) is 2.15. The van der Waals surface area contributed by atoms with Crippen LogP contribution in [0.3, 0.4) is 0 Å². The van der Waals surface area contributed by atoms with Gasteiger partial charge in [-0.2, -0.15) is 17.7 Å². The van der Waals surface area contributed by atoms with Gasteiger partial charge in [0.15, 0.2) is 5.65 Å². The summed E-state index contributed by atoms with van der Waals surface area (Å²) >= 11 is 0. The topological polar surface area (TPSA) is 64.3 Å². The Labute approximate surface area is 111 Å². The van der Waals surface area contributed by atoms with Crippen molar-refractivity contribution in [3.05, 3.63) is 18.0 Å². The molecule has 0 bridgehead atoms. The zero-order valence-electron chi connectivity index (χ0n) is 10.6. The van der Waals surface area contributed by atoms with Crippen LogP contribution in [0.5, 0.6) is 0 Å². The van der Waals surface area contributed by atoms with Crippen molar-refractivity contribution in [2.24, 2.45) is 0 Å². The maximum atomic E-state index is 12.7. The van der Waals surface area contributed by atoms with Crippen molar-refractivity contribution < 1.29 is 17.9 Å². The number of anilines is 1. The third-order valence-corrected chi connectivity index (χ3v) is 3.23. The minimum atomic E-state index is -4.59. The van der Waals surface area contributed by atoms with Crippen LogP contribution in [0.1, 0.15) is 19.2 Å². The number of fused-ring (bicyclic) bond motifs is 1. The summed E-state index contributed by atoms with van der Waals surface area (Å²) in [5.74, 6) is -0.794. The van der Waals surface area contributed by atoms with Crippen molar-refractivity contribution in [2.45, 2.75) is 31.7 Å². The molecule has 1 N–H and O–H groups in total. The van der Waals surface area contributed by atoms with Gasteiger partial charge in [0, 0.05) is 6.61 Å². The summed E-state index contributed by atoms with van der Waals surface area (Å²) in [5, 5.41) is 13.6. The number of halogens is 3. The lowest BCUT2D eigenvalue weighted by Gasteiger charge is -2.16. The number of nitrogens with one attached hydrogen (secondary N) is 1. The predicted octanol–water partition coefficient (Wildman–Crippen LogP) is 1.73. The zero-order chi connectivity index (χ0) is 14.3. The molecule has 2 unspecified atom stereocenters. The molecule has 20 heavy (non-hydrogen) atoms. The highest BCUT2D eigenvalue weighted by molar-refractivity contribution is 5.44. The van der Waals surface area contributed by atoms with E-state index in [0.717, 1.165) is 6.42 Å². The molecule has 0 amide bonds. The SMILES string of the molecule is CC1OCCC1Nc1ccc2nnc(C(F)(F)F)n2n1. The molecule has 2 aromatic heterocycles. The second kappa shape index (κ2) is 4.58. The Bertz CT molecular complexity index is 626. The highest BCUT2D eigenvalue weighted by atomic mass is 19.4. The fraction of sp³-hybridized carbons (Fsp3) is 0.545. The maximum absolute atomic E-state index is 12.7. The number of hydrogen-bond donors (Lipinski definition) is 1. The Balaban J connectivity index is 1.93. The van der Waals surface area contributed by atoms with Gasteiger partial charge in [0.25, 0.3) is 5.82 Å². The van der Waals surface area contributed by atoms with Gasteiger partial charge in [-0.25, -0.2) is 0 Å². The van der Waals surface area contributed by atoms with Crippen LogP contribution >= 0.6 is 0 Å². The monoisotopic (exact) mass is 287 g/mol. The average Bonchev–Trinajstić information content (AvgIpc) is 2.95. The molecule has 2 atom stereocenters. The predicted molar refractivity (Wildman–Crippen MR) is 63.2 cm³/mol. The highest BCUT2D eigenvalue weighted by Gasteiger charge is 2.37. The number of aromatic nitrogens is 4. The van der Waals surface area contributed by atoms with Crippen LogP contribution in [0.2, 0.25) is 0 Å². The van der Waals surface area contributed by atoms with Crippen molar-refractivity contribution in [1.82, 2.24) is 19.8 Å². The first-order valence-corrected chi connectivity index (χ1v) is 6.13. The van der Waals surface area contributed by atoms with Gasteiger partial charge < -0.3 is 10.1 Å². The van der Waals surface area contributed by atoms with Crippen molar-refractivity contribution in [3.8, 4) is 0 Å². The van der Waals surface area contributed by atoms with Gasteiger partial charge in [-0.1, -0.05) is 0 Å². The molecule has 1 fully saturated rings. The van der Waals surface area contributed by atoms with Crippen molar-refractivity contribution in [2.75, 3.05) is 11.9 Å². The van der Waals surface area contributed by atoms with E-state index in [4.69, 9.17) is 4.74 Å². The van der Waals surface area contributed by atoms with Gasteiger partial charge in [0.2, 0.25) is 0 Å². The summed E-state index contributed by atoms with van der Waals surface area (Å²) in [6.45, 7) is 2.53. The molecular weight excluding hydrogens is 275 g/mol. The van der Waals surface area contributed by atoms with Gasteiger partial charge in [0.05, 0.1) is 12.1 Å². The van der Waals surface area contributed by atoms with Crippen LogP contribution in [-0.2, 0) is 10.9 Å². The summed E-state index contributed by atoms with van der Waals surface area (Å²) in [5.41, 5.74) is 0.0543. The molecule has 2 aromatic rings. The first-order chi connectivity index (χ1) is 9.45. The number of rotatable bonds is 2. The van der Waals surface area contributed by atoms with Gasteiger partial charge in [0.1, 0.15) is 5.82 Å². The third-order valence-electron chi connectivity index (χ3n) is 3.23. The lowest BCUT2D eigenvalue weighted by atomic mass is 10.1. The Kier molecular flexibility index (Phi) is 3.00. The van der Waals surface area contributed by atoms with E-state index in [1.54, 1.807) is 6.07 Å². The summed E-state index contributed by atoms with van der Waals surface area (Å²) in [6.07, 6.45) is -3.81. The average molecular weight is 287 g/mol. The molecular formula is C11H12F3N5O. The summed E-state index contributed by atoms with van der Waals surface area (Å²) in [6, 6.07) is 3.05. The van der Waals surface area contributed by atoms with Gasteiger partial charge in [-0.05, 0) is 25.5 Å². The van der Waals surface area contributed by atoms with E-state index in [-0.39, 0.29) is 17.8 Å². The molecule has 1 aliphatic rings. The second-order valence-corrected chi connectivity index (χ2v) is 4.63. The lowest BCUT2D eigenvalue weighted by Crippen LogP contribution is -2.27. The van der Waals surface area contributed by atoms with E-state index in [9.17, 15) is 13.2 Å². The molecule has 3 rings (SSSR count). The van der Waals surface area contributed by atoms with Crippen LogP contribution in [-0.4, -0.2) is 38.6 Å². The third kappa shape index (κ3) is 2.28. The number of alkyl halides is 3. The normalized spacial score (nSPS) is 23.4. The molecule has 6 nitrogen and oxygen atoms in total.